The Bertz CT molecular complexity index is 753. The maximum absolute atomic E-state index is 12.0. The molecule has 1 heterocycles. The number of benzene rings is 1. The van der Waals surface area contributed by atoms with Crippen molar-refractivity contribution in [1.82, 2.24) is 10.3 Å². The molecule has 0 fully saturated rings. The highest BCUT2D eigenvalue weighted by Gasteiger charge is 2.10. The predicted octanol–water partition coefficient (Wildman–Crippen LogP) is 1.72. The number of aryl methyl sites for hydroxylation is 1. The zero-order valence-electron chi connectivity index (χ0n) is 11.8. The summed E-state index contributed by atoms with van der Waals surface area (Å²) in [7, 11) is -3.25. The van der Waals surface area contributed by atoms with Crippen molar-refractivity contribution in [2.75, 3.05) is 6.26 Å². The molecule has 0 atom stereocenters. The van der Waals surface area contributed by atoms with E-state index >= 15 is 0 Å². The monoisotopic (exact) mass is 304 g/mol. The summed E-state index contributed by atoms with van der Waals surface area (Å²) in [4.78, 5) is 16.4. The molecule has 0 saturated heterocycles. The van der Waals surface area contributed by atoms with Gasteiger partial charge in [0.15, 0.2) is 9.84 Å². The van der Waals surface area contributed by atoms with Gasteiger partial charge in [-0.2, -0.15) is 0 Å². The number of aromatic nitrogens is 1. The summed E-state index contributed by atoms with van der Waals surface area (Å²) in [6.07, 6.45) is 2.81. The number of hydrogen-bond acceptors (Lipinski definition) is 4. The number of hydrogen-bond donors (Lipinski definition) is 1. The highest BCUT2D eigenvalue weighted by molar-refractivity contribution is 7.90. The van der Waals surface area contributed by atoms with Gasteiger partial charge < -0.3 is 5.32 Å². The van der Waals surface area contributed by atoms with Gasteiger partial charge in [-0.05, 0) is 42.8 Å². The van der Waals surface area contributed by atoms with Crippen molar-refractivity contribution in [3.63, 3.8) is 0 Å². The van der Waals surface area contributed by atoms with E-state index in [0.717, 1.165) is 17.5 Å². The Labute approximate surface area is 124 Å². The molecule has 0 radical (unpaired) electrons. The Morgan fingerprint density at radius 3 is 2.43 bits per heavy atom. The second kappa shape index (κ2) is 6.05. The van der Waals surface area contributed by atoms with Crippen LogP contribution in [0.5, 0.6) is 0 Å². The Morgan fingerprint density at radius 1 is 1.19 bits per heavy atom. The lowest BCUT2D eigenvalue weighted by Crippen LogP contribution is -2.23. The molecule has 1 aromatic heterocycles. The lowest BCUT2D eigenvalue weighted by molar-refractivity contribution is 0.0950. The van der Waals surface area contributed by atoms with Crippen LogP contribution in [0.15, 0.2) is 47.5 Å². The summed E-state index contributed by atoms with van der Waals surface area (Å²) in [5, 5.41) is 2.76. The molecule has 0 saturated carbocycles. The van der Waals surface area contributed by atoms with Gasteiger partial charge in [-0.3, -0.25) is 9.78 Å². The fourth-order valence-corrected chi connectivity index (χ4v) is 2.45. The number of rotatable bonds is 4. The topological polar surface area (TPSA) is 76.1 Å². The van der Waals surface area contributed by atoms with E-state index < -0.39 is 9.84 Å². The van der Waals surface area contributed by atoms with Crippen LogP contribution >= 0.6 is 0 Å². The summed E-state index contributed by atoms with van der Waals surface area (Å²) in [5.41, 5.74) is 2.22. The van der Waals surface area contributed by atoms with Crippen molar-refractivity contribution in [2.24, 2.45) is 0 Å². The third-order valence-electron chi connectivity index (χ3n) is 3.08. The molecule has 1 N–H and O–H groups in total. The van der Waals surface area contributed by atoms with Gasteiger partial charge in [0.1, 0.15) is 0 Å². The summed E-state index contributed by atoms with van der Waals surface area (Å²) in [5.74, 6) is -0.264. The van der Waals surface area contributed by atoms with Crippen molar-refractivity contribution in [3.05, 3.63) is 59.4 Å². The molecular formula is C15H16N2O3S. The van der Waals surface area contributed by atoms with Crippen LogP contribution in [0.1, 0.15) is 21.6 Å². The Morgan fingerprint density at radius 2 is 1.86 bits per heavy atom. The van der Waals surface area contributed by atoms with Crippen molar-refractivity contribution < 1.29 is 13.2 Å². The van der Waals surface area contributed by atoms with Crippen LogP contribution in [0, 0.1) is 6.92 Å². The zero-order valence-corrected chi connectivity index (χ0v) is 12.6. The van der Waals surface area contributed by atoms with Gasteiger partial charge in [-0.1, -0.05) is 6.07 Å². The van der Waals surface area contributed by atoms with Gasteiger partial charge in [0.2, 0.25) is 0 Å². The maximum Gasteiger partial charge on any atom is 0.251 e. The van der Waals surface area contributed by atoms with Gasteiger partial charge in [0, 0.05) is 18.0 Å². The first-order valence-corrected chi connectivity index (χ1v) is 8.26. The molecule has 2 aromatic rings. The lowest BCUT2D eigenvalue weighted by atomic mass is 10.2. The van der Waals surface area contributed by atoms with Crippen LogP contribution in [-0.2, 0) is 16.4 Å². The summed E-state index contributed by atoms with van der Waals surface area (Å²) >= 11 is 0. The van der Waals surface area contributed by atoms with E-state index in [9.17, 15) is 13.2 Å². The molecule has 0 bridgehead atoms. The Kier molecular flexibility index (Phi) is 4.37. The maximum atomic E-state index is 12.0. The largest absolute Gasteiger partial charge is 0.346 e. The number of sulfone groups is 1. The van der Waals surface area contributed by atoms with Crippen molar-refractivity contribution in [3.8, 4) is 0 Å². The third-order valence-corrected chi connectivity index (χ3v) is 4.21. The summed E-state index contributed by atoms with van der Waals surface area (Å²) in [6.45, 7) is 2.26. The highest BCUT2D eigenvalue weighted by Crippen LogP contribution is 2.10. The summed E-state index contributed by atoms with van der Waals surface area (Å²) < 4.78 is 22.7. The minimum absolute atomic E-state index is 0.194. The number of nitrogens with one attached hydrogen (secondary N) is 1. The van der Waals surface area contributed by atoms with Crippen molar-refractivity contribution >= 4 is 15.7 Å². The lowest BCUT2D eigenvalue weighted by Gasteiger charge is -2.07. The van der Waals surface area contributed by atoms with Gasteiger partial charge in [-0.15, -0.1) is 0 Å². The van der Waals surface area contributed by atoms with E-state index in [1.165, 1.54) is 24.3 Å². The standard InChI is InChI=1S/C15H16N2O3S/c1-11-4-3-9-16-14(11)10-17-15(18)12-5-7-13(8-6-12)21(2,19)20/h3-9H,10H2,1-2H3,(H,17,18). The second-order valence-electron chi connectivity index (χ2n) is 4.75. The SMILES string of the molecule is Cc1cccnc1CNC(=O)c1ccc(S(C)(=O)=O)cc1. The molecule has 6 heteroatoms. The number of amides is 1. The first-order valence-electron chi connectivity index (χ1n) is 6.37. The Balaban J connectivity index is 2.06. The summed E-state index contributed by atoms with van der Waals surface area (Å²) in [6, 6.07) is 9.61. The van der Waals surface area contributed by atoms with Gasteiger partial charge >= 0.3 is 0 Å². The minimum Gasteiger partial charge on any atom is -0.346 e. The molecule has 0 aliphatic heterocycles. The fourth-order valence-electron chi connectivity index (χ4n) is 1.82. The predicted molar refractivity (Wildman–Crippen MR) is 79.7 cm³/mol. The van der Waals surface area contributed by atoms with Gasteiger partial charge in [-0.25, -0.2) is 8.42 Å². The minimum atomic E-state index is -3.25. The molecule has 110 valence electrons. The van der Waals surface area contributed by atoms with Crippen molar-refractivity contribution in [2.45, 2.75) is 18.4 Å². The highest BCUT2D eigenvalue weighted by atomic mass is 32.2. The smallest absolute Gasteiger partial charge is 0.251 e. The van der Waals surface area contributed by atoms with Gasteiger partial charge in [0.25, 0.3) is 5.91 Å². The molecule has 1 amide bonds. The van der Waals surface area contributed by atoms with Crippen LogP contribution in [-0.4, -0.2) is 25.6 Å². The molecule has 2 rings (SSSR count). The first kappa shape index (κ1) is 15.2. The number of pyridine rings is 1. The first-order chi connectivity index (χ1) is 9.88. The average Bonchev–Trinajstić information content (AvgIpc) is 2.45. The molecule has 5 nitrogen and oxygen atoms in total. The van der Waals surface area contributed by atoms with Crippen molar-refractivity contribution in [1.29, 1.82) is 0 Å². The third kappa shape index (κ3) is 3.88. The molecular weight excluding hydrogens is 288 g/mol. The number of nitrogens with zero attached hydrogens (tertiary/aromatic N) is 1. The molecule has 21 heavy (non-hydrogen) atoms. The average molecular weight is 304 g/mol. The van der Waals surface area contributed by atoms with Gasteiger partial charge in [0.05, 0.1) is 17.1 Å². The quantitative estimate of drug-likeness (QED) is 0.933. The molecule has 0 unspecified atom stereocenters. The van der Waals surface area contributed by atoms with E-state index in [-0.39, 0.29) is 10.8 Å². The number of carbonyl (C=O) groups is 1. The number of carbonyl (C=O) groups excluding carboxylic acids is 1. The van der Waals surface area contributed by atoms with E-state index in [4.69, 9.17) is 0 Å². The molecule has 0 aliphatic carbocycles. The Hall–Kier alpha value is -2.21. The molecule has 1 aromatic carbocycles. The molecule has 0 spiro atoms. The van der Waals surface area contributed by atoms with Crippen LogP contribution < -0.4 is 5.32 Å². The second-order valence-corrected chi connectivity index (χ2v) is 6.76. The van der Waals surface area contributed by atoms with Crippen LogP contribution in [0.3, 0.4) is 0 Å². The zero-order chi connectivity index (χ0) is 15.5. The van der Waals surface area contributed by atoms with E-state index in [0.29, 0.717) is 12.1 Å². The van der Waals surface area contributed by atoms with Crippen LogP contribution in [0.4, 0.5) is 0 Å². The van der Waals surface area contributed by atoms with Crippen LogP contribution in [0.25, 0.3) is 0 Å². The molecule has 0 aliphatic rings. The normalized spacial score (nSPS) is 11.1. The van der Waals surface area contributed by atoms with Crippen LogP contribution in [0.2, 0.25) is 0 Å². The van der Waals surface area contributed by atoms with E-state index in [1.807, 2.05) is 19.1 Å². The van der Waals surface area contributed by atoms with E-state index in [1.54, 1.807) is 6.20 Å². The fraction of sp³-hybridized carbons (Fsp3) is 0.200. The van der Waals surface area contributed by atoms with E-state index in [2.05, 4.69) is 10.3 Å².